The van der Waals surface area contributed by atoms with E-state index in [0.29, 0.717) is 29.9 Å². The molecule has 1 aliphatic heterocycles. The summed E-state index contributed by atoms with van der Waals surface area (Å²) in [5.74, 6) is -0.0454. The summed E-state index contributed by atoms with van der Waals surface area (Å²) in [6.45, 7) is 1.95. The largest absolute Gasteiger partial charge is 0.326 e. The molecule has 2 amide bonds. The van der Waals surface area contributed by atoms with E-state index in [2.05, 4.69) is 5.32 Å². The highest BCUT2D eigenvalue weighted by atomic mass is 32.2. The number of rotatable bonds is 4. The summed E-state index contributed by atoms with van der Waals surface area (Å²) in [4.78, 5) is 25.7. The van der Waals surface area contributed by atoms with Crippen molar-refractivity contribution < 1.29 is 18.0 Å². The van der Waals surface area contributed by atoms with Gasteiger partial charge in [0.05, 0.1) is 10.6 Å². The zero-order chi connectivity index (χ0) is 19.8. The maximum atomic E-state index is 12.7. The normalized spacial score (nSPS) is 13.6. The Balaban J connectivity index is 1.84. The lowest BCUT2D eigenvalue weighted by Crippen LogP contribution is -2.33. The topological polar surface area (TPSA) is 86.8 Å². The van der Waals surface area contributed by atoms with Gasteiger partial charge in [0, 0.05) is 31.9 Å². The first-order valence-electron chi connectivity index (χ1n) is 8.45. The fourth-order valence-electron chi connectivity index (χ4n) is 2.92. The minimum absolute atomic E-state index is 0.0454. The zero-order valence-corrected chi connectivity index (χ0v) is 16.2. The SMILES string of the molecule is CC(=O)c1ccc(NC(=O)N2CCc3ccc(S(=O)(=O)N(C)C)cc32)cc1. The van der Waals surface area contributed by atoms with Gasteiger partial charge in [0.1, 0.15) is 0 Å². The molecule has 1 aliphatic rings. The molecule has 0 radical (unpaired) electrons. The van der Waals surface area contributed by atoms with Gasteiger partial charge in [0.2, 0.25) is 10.0 Å². The number of amides is 2. The van der Waals surface area contributed by atoms with Crippen LogP contribution in [0.25, 0.3) is 0 Å². The molecule has 0 atom stereocenters. The highest BCUT2D eigenvalue weighted by molar-refractivity contribution is 7.89. The predicted molar refractivity (Wildman–Crippen MR) is 104 cm³/mol. The average molecular weight is 387 g/mol. The maximum absolute atomic E-state index is 12.7. The molecule has 1 heterocycles. The average Bonchev–Trinajstić information content (AvgIpc) is 3.05. The van der Waals surface area contributed by atoms with Crippen LogP contribution >= 0.6 is 0 Å². The molecular weight excluding hydrogens is 366 g/mol. The molecule has 0 spiro atoms. The van der Waals surface area contributed by atoms with E-state index < -0.39 is 10.0 Å². The Morgan fingerprint density at radius 2 is 1.74 bits per heavy atom. The second-order valence-electron chi connectivity index (χ2n) is 6.54. The van der Waals surface area contributed by atoms with Gasteiger partial charge in [-0.3, -0.25) is 9.69 Å². The molecule has 2 aromatic rings. The number of fused-ring (bicyclic) bond motifs is 1. The lowest BCUT2D eigenvalue weighted by Gasteiger charge is -2.19. The second kappa shape index (κ2) is 7.13. The summed E-state index contributed by atoms with van der Waals surface area (Å²) in [7, 11) is -0.636. The number of Topliss-reactive ketones (excluding diaryl/α,β-unsaturated/α-hetero) is 1. The number of carbonyl (C=O) groups excluding carboxylic acids is 2. The highest BCUT2D eigenvalue weighted by Crippen LogP contribution is 2.31. The summed E-state index contributed by atoms with van der Waals surface area (Å²) in [6.07, 6.45) is 0.661. The van der Waals surface area contributed by atoms with Crippen LogP contribution in [0.5, 0.6) is 0 Å². The van der Waals surface area contributed by atoms with Gasteiger partial charge in [-0.1, -0.05) is 6.07 Å². The standard InChI is InChI=1S/C19H21N3O4S/c1-13(23)14-4-7-16(8-5-14)20-19(24)22-11-10-15-6-9-17(12-18(15)22)27(25,26)21(2)3/h4-9,12H,10-11H2,1-3H3,(H,20,24). The van der Waals surface area contributed by atoms with E-state index in [1.165, 1.54) is 32.0 Å². The van der Waals surface area contributed by atoms with Gasteiger partial charge < -0.3 is 5.32 Å². The molecule has 8 heteroatoms. The number of anilines is 2. The van der Waals surface area contributed by atoms with E-state index in [1.807, 2.05) is 0 Å². The van der Waals surface area contributed by atoms with Crippen molar-refractivity contribution in [1.29, 1.82) is 0 Å². The Hall–Kier alpha value is -2.71. The summed E-state index contributed by atoms with van der Waals surface area (Å²) in [6, 6.07) is 11.1. The van der Waals surface area contributed by atoms with E-state index in [9.17, 15) is 18.0 Å². The van der Waals surface area contributed by atoms with Crippen molar-refractivity contribution in [3.05, 3.63) is 53.6 Å². The summed E-state index contributed by atoms with van der Waals surface area (Å²) < 4.78 is 25.9. The monoisotopic (exact) mass is 387 g/mol. The third-order valence-corrected chi connectivity index (χ3v) is 6.33. The molecule has 27 heavy (non-hydrogen) atoms. The van der Waals surface area contributed by atoms with Crippen molar-refractivity contribution in [2.45, 2.75) is 18.2 Å². The highest BCUT2D eigenvalue weighted by Gasteiger charge is 2.27. The van der Waals surface area contributed by atoms with E-state index in [0.717, 1.165) is 9.87 Å². The smallest absolute Gasteiger partial charge is 0.308 e. The molecule has 0 unspecified atom stereocenters. The minimum atomic E-state index is -3.58. The van der Waals surface area contributed by atoms with Gasteiger partial charge in [0.15, 0.2) is 5.78 Å². The Labute approximate surface area is 158 Å². The molecule has 0 fully saturated rings. The van der Waals surface area contributed by atoms with Crippen LogP contribution in [0.4, 0.5) is 16.2 Å². The van der Waals surface area contributed by atoms with E-state index in [1.54, 1.807) is 36.4 Å². The number of nitrogens with zero attached hydrogens (tertiary/aromatic N) is 2. The predicted octanol–water partition coefficient (Wildman–Crippen LogP) is 2.73. The second-order valence-corrected chi connectivity index (χ2v) is 8.70. The first-order chi connectivity index (χ1) is 12.7. The van der Waals surface area contributed by atoms with E-state index in [-0.39, 0.29) is 16.7 Å². The van der Waals surface area contributed by atoms with Gasteiger partial charge in [-0.15, -0.1) is 0 Å². The molecule has 2 aromatic carbocycles. The number of hydrogen-bond donors (Lipinski definition) is 1. The molecule has 3 rings (SSSR count). The number of sulfonamides is 1. The molecule has 7 nitrogen and oxygen atoms in total. The van der Waals surface area contributed by atoms with Gasteiger partial charge in [-0.25, -0.2) is 17.5 Å². The van der Waals surface area contributed by atoms with Crippen molar-refractivity contribution in [3.8, 4) is 0 Å². The van der Waals surface area contributed by atoms with Crippen molar-refractivity contribution in [1.82, 2.24) is 4.31 Å². The lowest BCUT2D eigenvalue weighted by molar-refractivity contribution is 0.101. The molecule has 0 bridgehead atoms. The lowest BCUT2D eigenvalue weighted by atomic mass is 10.1. The van der Waals surface area contributed by atoms with Crippen LogP contribution in [-0.4, -0.2) is 45.2 Å². The molecule has 0 saturated carbocycles. The van der Waals surface area contributed by atoms with Gasteiger partial charge in [-0.05, 0) is 55.3 Å². The molecule has 1 N–H and O–H groups in total. The van der Waals surface area contributed by atoms with Crippen LogP contribution in [0.1, 0.15) is 22.8 Å². The van der Waals surface area contributed by atoms with E-state index >= 15 is 0 Å². The number of carbonyl (C=O) groups is 2. The fraction of sp³-hybridized carbons (Fsp3) is 0.263. The fourth-order valence-corrected chi connectivity index (χ4v) is 3.84. The number of nitrogens with one attached hydrogen (secondary N) is 1. The Bertz CT molecular complexity index is 998. The third kappa shape index (κ3) is 3.72. The van der Waals surface area contributed by atoms with Crippen molar-refractivity contribution in [2.75, 3.05) is 30.9 Å². The maximum Gasteiger partial charge on any atom is 0.326 e. The van der Waals surface area contributed by atoms with Crippen LogP contribution in [0.3, 0.4) is 0 Å². The van der Waals surface area contributed by atoms with E-state index in [4.69, 9.17) is 0 Å². The number of benzene rings is 2. The summed E-state index contributed by atoms with van der Waals surface area (Å²) in [5, 5.41) is 2.79. The molecule has 142 valence electrons. The van der Waals surface area contributed by atoms with Crippen molar-refractivity contribution >= 4 is 33.2 Å². The van der Waals surface area contributed by atoms with Crippen LogP contribution in [0, 0.1) is 0 Å². The summed E-state index contributed by atoms with van der Waals surface area (Å²) >= 11 is 0. The van der Waals surface area contributed by atoms with Crippen molar-refractivity contribution in [3.63, 3.8) is 0 Å². The van der Waals surface area contributed by atoms with Crippen LogP contribution in [-0.2, 0) is 16.4 Å². The number of ketones is 1. The van der Waals surface area contributed by atoms with Crippen LogP contribution < -0.4 is 10.2 Å². The van der Waals surface area contributed by atoms with Crippen molar-refractivity contribution in [2.24, 2.45) is 0 Å². The molecule has 0 aromatic heterocycles. The van der Waals surface area contributed by atoms with Gasteiger partial charge in [-0.2, -0.15) is 0 Å². The first kappa shape index (κ1) is 19.1. The zero-order valence-electron chi connectivity index (χ0n) is 15.4. The number of urea groups is 1. The third-order valence-electron chi connectivity index (χ3n) is 4.52. The molecular formula is C19H21N3O4S. The number of hydrogen-bond acceptors (Lipinski definition) is 4. The summed E-state index contributed by atoms with van der Waals surface area (Å²) in [5.41, 5.74) is 2.65. The Kier molecular flexibility index (Phi) is 5.03. The minimum Gasteiger partial charge on any atom is -0.308 e. The molecule has 0 saturated heterocycles. The van der Waals surface area contributed by atoms with Crippen LogP contribution in [0.15, 0.2) is 47.4 Å². The molecule has 0 aliphatic carbocycles. The quantitative estimate of drug-likeness (QED) is 0.817. The van der Waals surface area contributed by atoms with Gasteiger partial charge in [0.25, 0.3) is 0 Å². The Morgan fingerprint density at radius 1 is 1.07 bits per heavy atom. The van der Waals surface area contributed by atoms with Crippen LogP contribution in [0.2, 0.25) is 0 Å². The first-order valence-corrected chi connectivity index (χ1v) is 9.89. The van der Waals surface area contributed by atoms with Gasteiger partial charge >= 0.3 is 6.03 Å². The Morgan fingerprint density at radius 3 is 2.33 bits per heavy atom.